The van der Waals surface area contributed by atoms with E-state index < -0.39 is 0 Å². The highest BCUT2D eigenvalue weighted by atomic mass is 79.9. The zero-order valence-corrected chi connectivity index (χ0v) is 13.0. The molecule has 18 heavy (non-hydrogen) atoms. The third-order valence-corrected chi connectivity index (χ3v) is 3.08. The lowest BCUT2D eigenvalue weighted by Gasteiger charge is -2.24. The van der Waals surface area contributed by atoms with Gasteiger partial charge in [-0.2, -0.15) is 0 Å². The highest BCUT2D eigenvalue weighted by molar-refractivity contribution is 9.09. The second kappa shape index (κ2) is 8.29. The van der Waals surface area contributed by atoms with Crippen LogP contribution in [-0.2, 0) is 0 Å². The molecule has 0 radical (unpaired) electrons. The number of hydrogen-bond acceptors (Lipinski definition) is 4. The molecule has 0 N–H and O–H groups in total. The second-order valence-electron chi connectivity index (χ2n) is 4.09. The maximum absolute atomic E-state index is 5.52. The summed E-state index contributed by atoms with van der Waals surface area (Å²) >= 11 is 3.50. The van der Waals surface area contributed by atoms with Crippen molar-refractivity contribution < 1.29 is 4.74 Å². The van der Waals surface area contributed by atoms with Crippen molar-refractivity contribution in [2.24, 2.45) is 0 Å². The first-order valence-electron chi connectivity index (χ1n) is 6.49. The van der Waals surface area contributed by atoms with E-state index in [1.54, 1.807) is 6.33 Å². The van der Waals surface area contributed by atoms with E-state index in [0.717, 1.165) is 29.8 Å². The molecule has 1 aromatic heterocycles. The molecule has 102 valence electrons. The zero-order chi connectivity index (χ0) is 13.4. The summed E-state index contributed by atoms with van der Waals surface area (Å²) in [6, 6.07) is 0. The fourth-order valence-electron chi connectivity index (χ4n) is 1.80. The molecule has 0 unspecified atom stereocenters. The van der Waals surface area contributed by atoms with Gasteiger partial charge in [0.1, 0.15) is 12.1 Å². The van der Waals surface area contributed by atoms with E-state index in [1.807, 2.05) is 13.8 Å². The molecule has 0 saturated heterocycles. The Labute approximate surface area is 118 Å². The minimum absolute atomic E-state index is 0.630. The van der Waals surface area contributed by atoms with Crippen molar-refractivity contribution in [3.8, 4) is 5.88 Å². The molecule has 0 aliphatic heterocycles. The Morgan fingerprint density at radius 2 is 2.06 bits per heavy atom. The highest BCUT2D eigenvalue weighted by Gasteiger charge is 2.14. The van der Waals surface area contributed by atoms with E-state index in [4.69, 9.17) is 4.74 Å². The predicted octanol–water partition coefficient (Wildman–Crippen LogP) is 3.19. The number of unbranched alkanes of at least 4 members (excludes halogenated alkanes) is 1. The minimum Gasteiger partial charge on any atom is -0.478 e. The Morgan fingerprint density at radius 3 is 2.67 bits per heavy atom. The molecular weight excluding hydrogens is 294 g/mol. The molecule has 0 atom stereocenters. The van der Waals surface area contributed by atoms with Gasteiger partial charge in [0.05, 0.1) is 12.2 Å². The van der Waals surface area contributed by atoms with Crippen molar-refractivity contribution in [2.45, 2.75) is 33.6 Å². The average molecular weight is 316 g/mol. The molecule has 0 aromatic carbocycles. The van der Waals surface area contributed by atoms with E-state index in [0.29, 0.717) is 12.5 Å². The Morgan fingerprint density at radius 1 is 1.28 bits per heavy atom. The predicted molar refractivity (Wildman–Crippen MR) is 78.9 cm³/mol. The number of rotatable bonds is 8. The summed E-state index contributed by atoms with van der Waals surface area (Å²) in [5.41, 5.74) is 1.02. The fourth-order valence-corrected chi connectivity index (χ4v) is 2.23. The van der Waals surface area contributed by atoms with Crippen molar-refractivity contribution in [3.63, 3.8) is 0 Å². The molecule has 5 heteroatoms. The number of nitrogens with zero attached hydrogens (tertiary/aromatic N) is 3. The molecule has 0 bridgehead atoms. The Kier molecular flexibility index (Phi) is 7.01. The number of ether oxygens (including phenoxy) is 1. The monoisotopic (exact) mass is 315 g/mol. The van der Waals surface area contributed by atoms with E-state index >= 15 is 0 Å². The molecular formula is C13H22BrN3O. The van der Waals surface area contributed by atoms with Crippen molar-refractivity contribution in [1.82, 2.24) is 9.97 Å². The summed E-state index contributed by atoms with van der Waals surface area (Å²) in [7, 11) is 0. The molecule has 0 aliphatic carbocycles. The smallest absolute Gasteiger partial charge is 0.221 e. The van der Waals surface area contributed by atoms with E-state index in [1.165, 1.54) is 12.8 Å². The first-order chi connectivity index (χ1) is 8.74. The Hall–Kier alpha value is -0.840. The summed E-state index contributed by atoms with van der Waals surface area (Å²) < 4.78 is 5.52. The lowest BCUT2D eigenvalue weighted by molar-refractivity contribution is 0.323. The summed E-state index contributed by atoms with van der Waals surface area (Å²) in [5.74, 6) is 1.68. The number of hydrogen-bond donors (Lipinski definition) is 0. The quantitative estimate of drug-likeness (QED) is 0.691. The standard InChI is InChI=1S/C13H22BrN3O/c1-4-6-8-17(9-7-14)12-11(3)13(18-5-2)16-10-15-12/h10H,4-9H2,1-3H3. The van der Waals surface area contributed by atoms with Crippen LogP contribution in [0, 0.1) is 6.92 Å². The first-order valence-corrected chi connectivity index (χ1v) is 7.62. The third-order valence-electron chi connectivity index (χ3n) is 2.73. The lowest BCUT2D eigenvalue weighted by atomic mass is 10.2. The molecule has 0 fully saturated rings. The van der Waals surface area contributed by atoms with Crippen LogP contribution in [0.4, 0.5) is 5.82 Å². The fraction of sp³-hybridized carbons (Fsp3) is 0.692. The van der Waals surface area contributed by atoms with Gasteiger partial charge in [-0.15, -0.1) is 0 Å². The van der Waals surface area contributed by atoms with Gasteiger partial charge in [0.15, 0.2) is 0 Å². The zero-order valence-electron chi connectivity index (χ0n) is 11.4. The van der Waals surface area contributed by atoms with Gasteiger partial charge in [0.25, 0.3) is 0 Å². The molecule has 0 saturated carbocycles. The molecule has 1 heterocycles. The van der Waals surface area contributed by atoms with Gasteiger partial charge in [-0.05, 0) is 20.3 Å². The van der Waals surface area contributed by atoms with Gasteiger partial charge >= 0.3 is 0 Å². The van der Waals surface area contributed by atoms with Crippen molar-refractivity contribution in [2.75, 3.05) is 29.9 Å². The van der Waals surface area contributed by atoms with Crippen LogP contribution in [0.25, 0.3) is 0 Å². The van der Waals surface area contributed by atoms with Crippen LogP contribution in [0.1, 0.15) is 32.3 Å². The van der Waals surface area contributed by atoms with Gasteiger partial charge in [-0.3, -0.25) is 0 Å². The van der Waals surface area contributed by atoms with Crippen molar-refractivity contribution in [3.05, 3.63) is 11.9 Å². The number of halogens is 1. The maximum Gasteiger partial charge on any atom is 0.221 e. The average Bonchev–Trinajstić information content (AvgIpc) is 2.38. The normalized spacial score (nSPS) is 10.4. The topological polar surface area (TPSA) is 38.2 Å². The van der Waals surface area contributed by atoms with E-state index in [-0.39, 0.29) is 0 Å². The maximum atomic E-state index is 5.52. The lowest BCUT2D eigenvalue weighted by Crippen LogP contribution is -2.28. The van der Waals surface area contributed by atoms with Crippen LogP contribution < -0.4 is 9.64 Å². The highest BCUT2D eigenvalue weighted by Crippen LogP contribution is 2.24. The molecule has 0 spiro atoms. The number of anilines is 1. The van der Waals surface area contributed by atoms with Gasteiger partial charge in [-0.25, -0.2) is 9.97 Å². The van der Waals surface area contributed by atoms with Crippen molar-refractivity contribution in [1.29, 1.82) is 0 Å². The van der Waals surface area contributed by atoms with Crippen LogP contribution in [0.3, 0.4) is 0 Å². The van der Waals surface area contributed by atoms with Crippen LogP contribution in [0.2, 0.25) is 0 Å². The van der Waals surface area contributed by atoms with E-state index in [9.17, 15) is 0 Å². The van der Waals surface area contributed by atoms with Gasteiger partial charge in [-0.1, -0.05) is 29.3 Å². The van der Waals surface area contributed by atoms with Crippen LogP contribution >= 0.6 is 15.9 Å². The summed E-state index contributed by atoms with van der Waals surface area (Å²) in [6.07, 6.45) is 3.93. The molecule has 1 rings (SSSR count). The Balaban J connectivity index is 2.92. The SMILES string of the molecule is CCCCN(CCBr)c1ncnc(OCC)c1C. The van der Waals surface area contributed by atoms with Gasteiger partial charge in [0, 0.05) is 18.4 Å². The van der Waals surface area contributed by atoms with Crippen molar-refractivity contribution >= 4 is 21.7 Å². The van der Waals surface area contributed by atoms with Crippen LogP contribution in [0.15, 0.2) is 6.33 Å². The number of alkyl halides is 1. The van der Waals surface area contributed by atoms with Crippen LogP contribution in [-0.4, -0.2) is 35.0 Å². The van der Waals surface area contributed by atoms with Crippen LogP contribution in [0.5, 0.6) is 5.88 Å². The van der Waals surface area contributed by atoms with Gasteiger partial charge in [0.2, 0.25) is 5.88 Å². The summed E-state index contributed by atoms with van der Waals surface area (Å²) in [6.45, 7) is 8.78. The largest absolute Gasteiger partial charge is 0.478 e. The minimum atomic E-state index is 0.630. The molecule has 4 nitrogen and oxygen atoms in total. The third kappa shape index (κ3) is 4.12. The summed E-state index contributed by atoms with van der Waals surface area (Å²) in [4.78, 5) is 10.9. The Bertz CT molecular complexity index is 360. The molecule has 1 aromatic rings. The number of aromatic nitrogens is 2. The first kappa shape index (κ1) is 15.2. The summed E-state index contributed by atoms with van der Waals surface area (Å²) in [5, 5.41) is 0.935. The molecule has 0 aliphatic rings. The van der Waals surface area contributed by atoms with E-state index in [2.05, 4.69) is 37.7 Å². The second-order valence-corrected chi connectivity index (χ2v) is 4.88. The van der Waals surface area contributed by atoms with Gasteiger partial charge < -0.3 is 9.64 Å². The molecule has 0 amide bonds.